The number of cyclic esters (lactones) is 1. The predicted octanol–water partition coefficient (Wildman–Crippen LogP) is 0.320. The number of aromatic nitrogens is 1. The van der Waals surface area contributed by atoms with E-state index in [0.717, 1.165) is 34.4 Å². The summed E-state index contributed by atoms with van der Waals surface area (Å²) in [5.74, 6) is -5.34. The van der Waals surface area contributed by atoms with Crippen LogP contribution >= 0.6 is 0 Å². The van der Waals surface area contributed by atoms with Gasteiger partial charge in [0, 0.05) is 38.9 Å². The van der Waals surface area contributed by atoms with Crippen LogP contribution in [0.3, 0.4) is 0 Å². The third-order valence-electron chi connectivity index (χ3n) is 10.7. The summed E-state index contributed by atoms with van der Waals surface area (Å²) in [6.45, 7) is 1.35. The number of piperidine rings is 1. The summed E-state index contributed by atoms with van der Waals surface area (Å²) in [6.07, 6.45) is -8.07. The van der Waals surface area contributed by atoms with Crippen molar-refractivity contribution in [3.8, 4) is 5.75 Å². The van der Waals surface area contributed by atoms with Gasteiger partial charge in [0.2, 0.25) is 5.91 Å². The molecule has 20 heteroatoms. The van der Waals surface area contributed by atoms with Gasteiger partial charge in [0.15, 0.2) is 23.5 Å². The maximum absolute atomic E-state index is 16.0. The molecule has 3 fully saturated rings. The molecular weight excluding hydrogens is 774 g/mol. The van der Waals surface area contributed by atoms with Gasteiger partial charge in [0.1, 0.15) is 42.2 Å². The summed E-state index contributed by atoms with van der Waals surface area (Å²) in [7, 11) is 0. The number of aliphatic hydroxyl groups excluding tert-OH is 5. The number of carboxylic acids is 1. The number of anilines is 2. The van der Waals surface area contributed by atoms with Crippen molar-refractivity contribution in [2.75, 3.05) is 49.2 Å². The highest BCUT2D eigenvalue weighted by molar-refractivity contribution is 5.90. The number of pyridine rings is 2. The van der Waals surface area contributed by atoms with Crippen molar-refractivity contribution in [1.29, 1.82) is 0 Å². The Balaban J connectivity index is 1.25. The molecule has 3 aromatic rings. The summed E-state index contributed by atoms with van der Waals surface area (Å²) in [6, 6.07) is 4.94. The van der Waals surface area contributed by atoms with Gasteiger partial charge in [-0.25, -0.2) is 23.2 Å². The zero-order chi connectivity index (χ0) is 42.2. The lowest BCUT2D eigenvalue weighted by molar-refractivity contribution is -0.189. The molecule has 3 aliphatic rings. The summed E-state index contributed by atoms with van der Waals surface area (Å²) >= 11 is 0. The zero-order valence-corrected chi connectivity index (χ0v) is 31.5. The lowest BCUT2D eigenvalue weighted by Crippen LogP contribution is -2.55. The number of benzene rings is 1. The van der Waals surface area contributed by atoms with Crippen molar-refractivity contribution >= 4 is 40.8 Å². The number of fused-ring (bicyclic) bond motifs is 1. The van der Waals surface area contributed by atoms with E-state index in [2.05, 4.69) is 5.32 Å². The SMILES string of the molecule is CC(=O)NCC1CN(c2ccc(OCC3(OC(=O)[C@H](O)[C@@H](O)[C@H](O)[C@H](O)CO)CCN(c4c(F)cn5c(=O)c(C(=O)O)cc(C6CC6)c5c4C)CC3)c(F)c2)C(=O)O1. The molecule has 0 bridgehead atoms. The van der Waals surface area contributed by atoms with Crippen LogP contribution in [0.5, 0.6) is 5.75 Å². The first-order chi connectivity index (χ1) is 27.4. The molecule has 58 heavy (non-hydrogen) atoms. The number of carbonyl (C=O) groups is 4. The van der Waals surface area contributed by atoms with E-state index in [1.807, 2.05) is 0 Å². The van der Waals surface area contributed by atoms with Crippen LogP contribution in [0.1, 0.15) is 60.0 Å². The molecule has 314 valence electrons. The second-order valence-corrected chi connectivity index (χ2v) is 14.8. The Bertz CT molecular complexity index is 2160. The maximum atomic E-state index is 16.0. The Morgan fingerprint density at radius 2 is 1.72 bits per heavy atom. The number of aryl methyl sites for hydroxylation is 1. The maximum Gasteiger partial charge on any atom is 0.414 e. The van der Waals surface area contributed by atoms with Gasteiger partial charge < -0.3 is 55.1 Å². The number of amides is 2. The Morgan fingerprint density at radius 3 is 2.33 bits per heavy atom. The number of aromatic carboxylic acids is 1. The van der Waals surface area contributed by atoms with Gasteiger partial charge in [0.05, 0.1) is 42.8 Å². The van der Waals surface area contributed by atoms with Crippen molar-refractivity contribution < 1.29 is 72.8 Å². The normalized spacial score (nSPS) is 19.9. The van der Waals surface area contributed by atoms with Crippen LogP contribution in [0.15, 0.2) is 35.3 Å². The van der Waals surface area contributed by atoms with Gasteiger partial charge in [-0.05, 0) is 55.0 Å². The number of rotatable bonds is 15. The summed E-state index contributed by atoms with van der Waals surface area (Å²) < 4.78 is 49.3. The minimum absolute atomic E-state index is 0.0197. The fourth-order valence-corrected chi connectivity index (χ4v) is 7.32. The fourth-order valence-electron chi connectivity index (χ4n) is 7.32. The molecule has 18 nitrogen and oxygen atoms in total. The molecule has 2 aromatic heterocycles. The van der Waals surface area contributed by atoms with E-state index in [1.54, 1.807) is 11.8 Å². The predicted molar refractivity (Wildman–Crippen MR) is 197 cm³/mol. The third-order valence-corrected chi connectivity index (χ3v) is 10.7. The van der Waals surface area contributed by atoms with Crippen LogP contribution in [-0.4, -0.2) is 134 Å². The molecule has 6 rings (SSSR count). The first-order valence-corrected chi connectivity index (χ1v) is 18.5. The molecule has 4 heterocycles. The highest BCUT2D eigenvalue weighted by Gasteiger charge is 2.44. The molecule has 2 amide bonds. The number of ether oxygens (including phenoxy) is 3. The van der Waals surface area contributed by atoms with Crippen LogP contribution in [0, 0.1) is 18.6 Å². The topological polar surface area (TPSA) is 257 Å². The van der Waals surface area contributed by atoms with Gasteiger partial charge in [-0.1, -0.05) is 0 Å². The van der Waals surface area contributed by atoms with Crippen molar-refractivity contribution in [3.05, 3.63) is 69.1 Å². The zero-order valence-electron chi connectivity index (χ0n) is 31.5. The first kappa shape index (κ1) is 42.2. The highest BCUT2D eigenvalue weighted by Crippen LogP contribution is 2.44. The molecule has 1 aliphatic carbocycles. The Labute approximate surface area is 328 Å². The number of hydrogen-bond donors (Lipinski definition) is 7. The number of nitrogens with one attached hydrogen (secondary N) is 1. The second kappa shape index (κ2) is 16.8. The van der Waals surface area contributed by atoms with Gasteiger partial charge >= 0.3 is 18.0 Å². The largest absolute Gasteiger partial charge is 0.486 e. The number of halogens is 2. The lowest BCUT2D eigenvalue weighted by atomic mass is 9.90. The van der Waals surface area contributed by atoms with Crippen molar-refractivity contribution in [2.45, 2.75) is 81.6 Å². The average Bonchev–Trinajstić information content (AvgIpc) is 3.97. The van der Waals surface area contributed by atoms with Crippen molar-refractivity contribution in [3.63, 3.8) is 0 Å². The van der Waals surface area contributed by atoms with Gasteiger partial charge in [-0.2, -0.15) is 0 Å². The summed E-state index contributed by atoms with van der Waals surface area (Å²) in [4.78, 5) is 64.8. The Kier molecular flexibility index (Phi) is 12.2. The van der Waals surface area contributed by atoms with Crippen molar-refractivity contribution in [1.82, 2.24) is 9.72 Å². The molecule has 1 aromatic carbocycles. The molecule has 1 saturated carbocycles. The fraction of sp³-hybridized carbons (Fsp3) is 0.500. The third kappa shape index (κ3) is 8.56. The van der Waals surface area contributed by atoms with Crippen molar-refractivity contribution in [2.24, 2.45) is 0 Å². The van der Waals surface area contributed by atoms with Gasteiger partial charge in [-0.15, -0.1) is 0 Å². The van der Waals surface area contributed by atoms with E-state index in [1.165, 1.54) is 25.1 Å². The number of esters is 1. The second-order valence-electron chi connectivity index (χ2n) is 14.8. The highest BCUT2D eigenvalue weighted by atomic mass is 19.1. The Morgan fingerprint density at radius 1 is 1.03 bits per heavy atom. The van der Waals surface area contributed by atoms with Gasteiger partial charge in [-0.3, -0.25) is 18.9 Å². The molecule has 0 radical (unpaired) electrons. The molecule has 1 unspecified atom stereocenters. The van der Waals surface area contributed by atoms with E-state index in [0.29, 0.717) is 16.6 Å². The van der Waals surface area contributed by atoms with E-state index in [-0.39, 0.29) is 68.0 Å². The molecular formula is C38H44F2N4O14. The van der Waals surface area contributed by atoms with E-state index in [9.17, 15) is 49.5 Å². The molecule has 7 N–H and O–H groups in total. The quantitative estimate of drug-likeness (QED) is 0.102. The minimum atomic E-state index is -2.42. The van der Waals surface area contributed by atoms with E-state index < -0.39 is 90.1 Å². The Hall–Kier alpha value is -5.41. The molecule has 5 atom stereocenters. The van der Waals surface area contributed by atoms with E-state index in [4.69, 9.17) is 19.3 Å². The van der Waals surface area contributed by atoms with Crippen LogP contribution in [0.4, 0.5) is 25.0 Å². The average molecular weight is 819 g/mol. The number of aliphatic hydroxyl groups is 5. The monoisotopic (exact) mass is 818 g/mol. The number of hydrogen-bond acceptors (Lipinski definition) is 14. The molecule has 2 saturated heterocycles. The van der Waals surface area contributed by atoms with Gasteiger partial charge in [0.25, 0.3) is 5.56 Å². The van der Waals surface area contributed by atoms with Crippen LogP contribution in [-0.2, 0) is 19.1 Å². The van der Waals surface area contributed by atoms with Crippen LogP contribution in [0.25, 0.3) is 5.52 Å². The molecule has 0 spiro atoms. The standard InChI is InChI=1S/C38H44F2N4O14/c1-18-29-23(20-3-4-20)12-24(35(52)53)34(51)44(29)15-26(40)30(18)42-9-7-38(8-10-42,58-36(54)33(50)32(49)31(48)27(47)16-45)17-56-28-6-5-21(11-25(28)39)43-14-22(57-37(43)55)13-41-19(2)46/h5-6,11-12,15,20,22,27,31-33,45,47-50H,3-4,7-10,13-14,16-17H2,1-2H3,(H,41,46)(H,52,53)/t22?,27-,31-,32+,33-/m1/s1. The number of carboxylic acid groups (broad SMARTS) is 1. The van der Waals surface area contributed by atoms with E-state index >= 15 is 8.78 Å². The minimum Gasteiger partial charge on any atom is -0.486 e. The van der Waals surface area contributed by atoms with Crippen LogP contribution < -0.4 is 25.4 Å². The summed E-state index contributed by atoms with van der Waals surface area (Å²) in [5.41, 5.74) is -1.53. The smallest absolute Gasteiger partial charge is 0.414 e. The first-order valence-electron chi connectivity index (χ1n) is 18.5. The lowest BCUT2D eigenvalue weighted by Gasteiger charge is -2.42. The number of carbonyl (C=O) groups excluding carboxylic acids is 3. The number of nitrogens with zero attached hydrogens (tertiary/aromatic N) is 3. The van der Waals surface area contributed by atoms with Crippen LogP contribution in [0.2, 0.25) is 0 Å². The summed E-state index contributed by atoms with van der Waals surface area (Å²) in [5, 5.41) is 62.2. The molecule has 2 aliphatic heterocycles.